The quantitative estimate of drug-likeness (QED) is 0.225. The largest absolute Gasteiger partial charge is 0.469 e. The maximum Gasteiger partial charge on any atom is 0.305 e. The lowest BCUT2D eigenvalue weighted by molar-refractivity contribution is -0.140. The molecule has 5 nitrogen and oxygen atoms in total. The highest BCUT2D eigenvalue weighted by Gasteiger charge is 2.39. The van der Waals surface area contributed by atoms with Gasteiger partial charge in [-0.15, -0.1) is 0 Å². The van der Waals surface area contributed by atoms with Crippen LogP contribution in [-0.4, -0.2) is 27.0 Å². The number of sulfonamides is 1. The summed E-state index contributed by atoms with van der Waals surface area (Å²) in [6.07, 6.45) is 11.3. The molecule has 1 fully saturated rings. The van der Waals surface area contributed by atoms with Gasteiger partial charge in [-0.25, -0.2) is 13.1 Å². The van der Waals surface area contributed by atoms with Gasteiger partial charge >= 0.3 is 5.97 Å². The van der Waals surface area contributed by atoms with Gasteiger partial charge in [0.15, 0.2) is 0 Å². The van der Waals surface area contributed by atoms with Crippen molar-refractivity contribution in [3.05, 3.63) is 64.7 Å². The van der Waals surface area contributed by atoms with E-state index in [0.29, 0.717) is 23.8 Å². The number of hydrogen-bond donors (Lipinski definition) is 1. The van der Waals surface area contributed by atoms with Crippen LogP contribution in [0, 0.1) is 5.92 Å². The second-order valence-electron chi connectivity index (χ2n) is 10.2. The minimum absolute atomic E-state index is 0.188. The average Bonchev–Trinajstić information content (AvgIpc) is 2.86. The number of rotatable bonds is 13. The molecule has 1 saturated carbocycles. The molecule has 0 aromatic heterocycles. The molecule has 0 radical (unpaired) electrons. The standard InChI is InChI=1S/C29H40ClNO4S/c1-3-4-5-7-24-18-20-29(21-19-24,31-36(33,34)27-16-14-26(30)15-17-27)22-25-12-10-23(11-13-25)8-6-9-28(32)35-2/h10-17,24,31H,3-9,18-22H2,1-2H3. The number of hydrogen-bond acceptors (Lipinski definition) is 4. The predicted molar refractivity (Wildman–Crippen MR) is 146 cm³/mol. The first-order valence-electron chi connectivity index (χ1n) is 13.2. The van der Waals surface area contributed by atoms with Crippen molar-refractivity contribution in [1.82, 2.24) is 4.72 Å². The Balaban J connectivity index is 1.72. The SMILES string of the molecule is CCCCCC1CCC(Cc2ccc(CCCC(=O)OC)cc2)(NS(=O)(=O)c2ccc(Cl)cc2)CC1. The van der Waals surface area contributed by atoms with Gasteiger partial charge in [0.25, 0.3) is 0 Å². The van der Waals surface area contributed by atoms with Crippen LogP contribution in [0.1, 0.15) is 82.3 Å². The third-order valence-electron chi connectivity index (χ3n) is 7.39. The second-order valence-corrected chi connectivity index (χ2v) is 12.3. The molecule has 2 aromatic carbocycles. The van der Waals surface area contributed by atoms with Gasteiger partial charge in [-0.1, -0.05) is 68.5 Å². The van der Waals surface area contributed by atoms with Gasteiger partial charge in [0.1, 0.15) is 0 Å². The zero-order chi connectivity index (χ0) is 26.0. The summed E-state index contributed by atoms with van der Waals surface area (Å²) in [6.45, 7) is 2.22. The van der Waals surface area contributed by atoms with Gasteiger partial charge in [-0.05, 0) is 86.3 Å². The van der Waals surface area contributed by atoms with E-state index in [2.05, 4.69) is 35.9 Å². The van der Waals surface area contributed by atoms with Gasteiger partial charge in [0, 0.05) is 17.0 Å². The molecule has 3 rings (SSSR count). The summed E-state index contributed by atoms with van der Waals surface area (Å²) < 4.78 is 34.6. The van der Waals surface area contributed by atoms with Crippen molar-refractivity contribution in [2.75, 3.05) is 7.11 Å². The van der Waals surface area contributed by atoms with Crippen LogP contribution in [0.3, 0.4) is 0 Å². The molecule has 2 aromatic rings. The molecule has 198 valence electrons. The molecule has 1 aliphatic rings. The fraction of sp³-hybridized carbons (Fsp3) is 0.552. The molecule has 0 aliphatic heterocycles. The third-order valence-corrected chi connectivity index (χ3v) is 9.24. The highest BCUT2D eigenvalue weighted by molar-refractivity contribution is 7.89. The second kappa shape index (κ2) is 13.6. The molecule has 1 N–H and O–H groups in total. The van der Waals surface area contributed by atoms with Crippen LogP contribution in [0.25, 0.3) is 0 Å². The van der Waals surface area contributed by atoms with E-state index in [9.17, 15) is 13.2 Å². The average molecular weight is 534 g/mol. The number of carbonyl (C=O) groups excluding carboxylic acids is 1. The number of ether oxygens (including phenoxy) is 1. The zero-order valence-electron chi connectivity index (χ0n) is 21.6. The molecule has 1 aliphatic carbocycles. The predicted octanol–water partition coefficient (Wildman–Crippen LogP) is 6.87. The van der Waals surface area contributed by atoms with Gasteiger partial charge in [-0.3, -0.25) is 4.79 Å². The van der Waals surface area contributed by atoms with Crippen molar-refractivity contribution < 1.29 is 17.9 Å². The number of methoxy groups -OCH3 is 1. The highest BCUT2D eigenvalue weighted by Crippen LogP contribution is 2.38. The van der Waals surface area contributed by atoms with Crippen LogP contribution in [-0.2, 0) is 32.4 Å². The number of carbonyl (C=O) groups is 1. The Labute approximate surface area is 222 Å². The normalized spacial score (nSPS) is 20.2. The first-order chi connectivity index (χ1) is 17.2. The monoisotopic (exact) mass is 533 g/mol. The molecule has 36 heavy (non-hydrogen) atoms. The van der Waals surface area contributed by atoms with Crippen LogP contribution in [0.4, 0.5) is 0 Å². The lowest BCUT2D eigenvalue weighted by atomic mass is 9.73. The van der Waals surface area contributed by atoms with Gasteiger partial charge in [0.05, 0.1) is 12.0 Å². The number of nitrogens with one attached hydrogen (secondary N) is 1. The number of unbranched alkanes of at least 4 members (excludes halogenated alkanes) is 2. The van der Waals surface area contributed by atoms with E-state index in [0.717, 1.165) is 49.7 Å². The number of esters is 1. The maximum atomic E-state index is 13.4. The van der Waals surface area contributed by atoms with Crippen LogP contribution in [0.2, 0.25) is 5.02 Å². The van der Waals surface area contributed by atoms with Crippen molar-refractivity contribution >= 4 is 27.6 Å². The molecular formula is C29H40ClNO4S. The molecule has 0 unspecified atom stereocenters. The first-order valence-corrected chi connectivity index (χ1v) is 15.1. The number of aryl methyl sites for hydroxylation is 1. The van der Waals surface area contributed by atoms with E-state index in [1.807, 2.05) is 0 Å². The van der Waals surface area contributed by atoms with E-state index in [4.69, 9.17) is 16.3 Å². The minimum Gasteiger partial charge on any atom is -0.469 e. The Morgan fingerprint density at radius 1 is 1.00 bits per heavy atom. The first kappa shape index (κ1) is 28.7. The fourth-order valence-corrected chi connectivity index (χ4v) is 6.81. The van der Waals surface area contributed by atoms with Crippen molar-refractivity contribution in [3.63, 3.8) is 0 Å². The van der Waals surface area contributed by atoms with E-state index in [1.165, 1.54) is 32.8 Å². The Morgan fingerprint density at radius 3 is 2.25 bits per heavy atom. The maximum absolute atomic E-state index is 13.4. The highest BCUT2D eigenvalue weighted by atomic mass is 35.5. The van der Waals surface area contributed by atoms with Crippen molar-refractivity contribution in [1.29, 1.82) is 0 Å². The smallest absolute Gasteiger partial charge is 0.305 e. The van der Waals surface area contributed by atoms with E-state index < -0.39 is 15.6 Å². The molecular weight excluding hydrogens is 494 g/mol. The lowest BCUT2D eigenvalue weighted by Crippen LogP contribution is -2.52. The summed E-state index contributed by atoms with van der Waals surface area (Å²) in [4.78, 5) is 11.6. The molecule has 0 atom stereocenters. The molecule has 0 amide bonds. The lowest BCUT2D eigenvalue weighted by Gasteiger charge is -2.41. The van der Waals surface area contributed by atoms with Gasteiger partial charge in [-0.2, -0.15) is 0 Å². The summed E-state index contributed by atoms with van der Waals surface area (Å²) in [7, 11) is -2.27. The topological polar surface area (TPSA) is 72.5 Å². The van der Waals surface area contributed by atoms with E-state index in [-0.39, 0.29) is 10.9 Å². The summed E-state index contributed by atoms with van der Waals surface area (Å²) in [6, 6.07) is 14.7. The van der Waals surface area contributed by atoms with Crippen LogP contribution < -0.4 is 4.72 Å². The van der Waals surface area contributed by atoms with Gasteiger partial charge in [0.2, 0.25) is 10.0 Å². The van der Waals surface area contributed by atoms with Crippen molar-refractivity contribution in [3.8, 4) is 0 Å². The molecule has 0 spiro atoms. The van der Waals surface area contributed by atoms with E-state index >= 15 is 0 Å². The van der Waals surface area contributed by atoms with Crippen LogP contribution >= 0.6 is 11.6 Å². The van der Waals surface area contributed by atoms with Gasteiger partial charge < -0.3 is 4.74 Å². The molecule has 0 bridgehead atoms. The Morgan fingerprint density at radius 2 is 1.64 bits per heavy atom. The molecule has 7 heteroatoms. The zero-order valence-corrected chi connectivity index (χ0v) is 23.2. The Bertz CT molecular complexity index is 1060. The Kier molecular flexibility index (Phi) is 10.8. The van der Waals surface area contributed by atoms with Crippen LogP contribution in [0.5, 0.6) is 0 Å². The minimum atomic E-state index is -3.68. The Hall–Kier alpha value is -1.89. The van der Waals surface area contributed by atoms with Crippen molar-refractivity contribution in [2.24, 2.45) is 5.92 Å². The van der Waals surface area contributed by atoms with Crippen molar-refractivity contribution in [2.45, 2.75) is 94.4 Å². The summed E-state index contributed by atoms with van der Waals surface area (Å²) in [5.41, 5.74) is 1.78. The van der Waals surface area contributed by atoms with Crippen LogP contribution in [0.15, 0.2) is 53.4 Å². The van der Waals surface area contributed by atoms with E-state index in [1.54, 1.807) is 24.3 Å². The summed E-state index contributed by atoms with van der Waals surface area (Å²) in [5.74, 6) is 0.480. The number of benzene rings is 2. The fourth-order valence-electron chi connectivity index (χ4n) is 5.23. The molecule has 0 saturated heterocycles. The summed E-state index contributed by atoms with van der Waals surface area (Å²) >= 11 is 5.99. The third kappa shape index (κ3) is 8.60. The number of halogens is 1. The molecule has 0 heterocycles. The summed E-state index contributed by atoms with van der Waals surface area (Å²) in [5, 5.41) is 0.517.